The maximum absolute atomic E-state index is 10.5. The summed E-state index contributed by atoms with van der Waals surface area (Å²) in [5.74, 6) is -0.322. The van der Waals surface area contributed by atoms with E-state index in [2.05, 4.69) is 9.98 Å². The molecule has 0 aromatic rings. The van der Waals surface area contributed by atoms with Gasteiger partial charge >= 0.3 is 0 Å². The van der Waals surface area contributed by atoms with Gasteiger partial charge in [-0.05, 0) is 0 Å². The van der Waals surface area contributed by atoms with E-state index in [0.717, 1.165) is 6.34 Å². The van der Waals surface area contributed by atoms with Crippen LogP contribution in [0.25, 0.3) is 0 Å². The fourth-order valence-electron chi connectivity index (χ4n) is 0.440. The van der Waals surface area contributed by atoms with E-state index in [9.17, 15) is 4.79 Å². The van der Waals surface area contributed by atoms with E-state index in [4.69, 9.17) is 11.5 Å². The third-order valence-electron chi connectivity index (χ3n) is 0.976. The molecule has 5 nitrogen and oxygen atoms in total. The number of rotatable bonds is 0. The van der Waals surface area contributed by atoms with Crippen LogP contribution in [0.5, 0.6) is 0 Å². The number of hydrogen-bond acceptors (Lipinski definition) is 4. The Balaban J connectivity index is 2.86. The number of nitrogens with two attached hydrogens (primary N) is 2. The predicted molar refractivity (Wildman–Crippen MR) is 33.1 cm³/mol. The van der Waals surface area contributed by atoms with Crippen molar-refractivity contribution in [3.05, 3.63) is 0 Å². The maximum Gasteiger partial charge on any atom is 0.271 e. The van der Waals surface area contributed by atoms with Crippen LogP contribution in [0.2, 0.25) is 0 Å². The van der Waals surface area contributed by atoms with Crippen molar-refractivity contribution in [1.29, 1.82) is 0 Å². The molecule has 1 aliphatic heterocycles. The van der Waals surface area contributed by atoms with Crippen molar-refractivity contribution in [3.8, 4) is 0 Å². The number of hydrogen-bond donors (Lipinski definition) is 2. The summed E-state index contributed by atoms with van der Waals surface area (Å²) in [6, 6.07) is -0.838. The highest BCUT2D eigenvalue weighted by atomic mass is 16.1. The number of carbonyl (C=O) groups excluding carboxylic acids is 1. The van der Waals surface area contributed by atoms with Crippen LogP contribution in [0.4, 0.5) is 0 Å². The molecule has 5 heteroatoms. The Morgan fingerprint density at radius 3 is 2.78 bits per heavy atom. The normalized spacial score (nSPS) is 26.1. The Morgan fingerprint density at radius 1 is 1.67 bits per heavy atom. The van der Waals surface area contributed by atoms with Crippen molar-refractivity contribution in [2.45, 2.75) is 6.04 Å². The summed E-state index contributed by atoms with van der Waals surface area (Å²) < 4.78 is 0. The van der Waals surface area contributed by atoms with Crippen molar-refractivity contribution >= 4 is 18.1 Å². The van der Waals surface area contributed by atoms with Gasteiger partial charge in [-0.25, -0.2) is 4.99 Å². The minimum absolute atomic E-state index is 0.120. The molecule has 1 heterocycles. The first-order valence-corrected chi connectivity index (χ1v) is 2.37. The average molecular weight is 126 g/mol. The lowest BCUT2D eigenvalue weighted by Gasteiger charge is -2.07. The minimum atomic E-state index is -0.838. The number of aliphatic imine (C=N–C) groups is 2. The second-order valence-corrected chi connectivity index (χ2v) is 1.61. The molecule has 4 N–H and O–H groups in total. The second kappa shape index (κ2) is 1.94. The second-order valence-electron chi connectivity index (χ2n) is 1.61. The summed E-state index contributed by atoms with van der Waals surface area (Å²) in [5.41, 5.74) is 10.4. The molecule has 1 rings (SSSR count). The highest BCUT2D eigenvalue weighted by Gasteiger charge is 2.18. The zero-order valence-electron chi connectivity index (χ0n) is 4.61. The summed E-state index contributed by atoms with van der Waals surface area (Å²) in [4.78, 5) is 17.3. The van der Waals surface area contributed by atoms with Gasteiger partial charge in [-0.2, -0.15) is 4.99 Å². The molecular formula is C4H6N4O. The molecule has 48 valence electrons. The topological polar surface area (TPSA) is 93.8 Å². The lowest BCUT2D eigenvalue weighted by Crippen LogP contribution is -2.44. The molecule has 0 saturated heterocycles. The number of carbonyl (C=O) groups is 1. The van der Waals surface area contributed by atoms with Crippen LogP contribution in [0, 0.1) is 0 Å². The highest BCUT2D eigenvalue weighted by molar-refractivity contribution is 6.13. The average Bonchev–Trinajstić information content (AvgIpc) is 1.83. The van der Waals surface area contributed by atoms with Gasteiger partial charge in [0.05, 0.1) is 0 Å². The Bertz CT molecular complexity index is 195. The fraction of sp³-hybridized carbons (Fsp3) is 0.250. The molecule has 9 heavy (non-hydrogen) atoms. The summed E-state index contributed by atoms with van der Waals surface area (Å²) in [6.07, 6.45) is 1.10. The number of amidine groups is 1. The monoisotopic (exact) mass is 126 g/mol. The van der Waals surface area contributed by atoms with E-state index in [1.807, 2.05) is 0 Å². The molecule has 0 fully saturated rings. The van der Waals surface area contributed by atoms with Crippen LogP contribution in [0.15, 0.2) is 9.98 Å². The molecule has 0 radical (unpaired) electrons. The Labute approximate surface area is 51.5 Å². The molecule has 1 aliphatic rings. The van der Waals surface area contributed by atoms with Gasteiger partial charge in [-0.1, -0.05) is 0 Å². The zero-order valence-corrected chi connectivity index (χ0v) is 4.61. The predicted octanol–water partition coefficient (Wildman–Crippen LogP) is -1.76. The summed E-state index contributed by atoms with van der Waals surface area (Å²) in [5, 5.41) is 0. The number of nitrogens with zero attached hydrogens (tertiary/aromatic N) is 2. The minimum Gasteiger partial charge on any atom is -0.385 e. The molecule has 1 amide bonds. The Hall–Kier alpha value is -1.23. The van der Waals surface area contributed by atoms with Gasteiger partial charge in [-0.15, -0.1) is 0 Å². The molecule has 1 atom stereocenters. The molecule has 0 saturated carbocycles. The van der Waals surface area contributed by atoms with Gasteiger partial charge in [0, 0.05) is 0 Å². The largest absolute Gasteiger partial charge is 0.385 e. The highest BCUT2D eigenvalue weighted by Crippen LogP contribution is 1.89. The van der Waals surface area contributed by atoms with E-state index in [0.29, 0.717) is 0 Å². The Morgan fingerprint density at radius 2 is 2.33 bits per heavy atom. The SMILES string of the molecule is NC1=NC=NC(=O)C1N. The van der Waals surface area contributed by atoms with Crippen molar-refractivity contribution in [3.63, 3.8) is 0 Å². The van der Waals surface area contributed by atoms with Crippen molar-refractivity contribution < 1.29 is 4.79 Å². The lowest BCUT2D eigenvalue weighted by atomic mass is 10.2. The molecule has 0 aliphatic carbocycles. The maximum atomic E-state index is 10.5. The first kappa shape index (κ1) is 5.90. The van der Waals surface area contributed by atoms with E-state index in [1.54, 1.807) is 0 Å². The smallest absolute Gasteiger partial charge is 0.271 e. The zero-order chi connectivity index (χ0) is 6.85. The Kier molecular flexibility index (Phi) is 1.27. The summed E-state index contributed by atoms with van der Waals surface area (Å²) in [7, 11) is 0. The molecule has 0 bridgehead atoms. The quantitative estimate of drug-likeness (QED) is 0.402. The first-order chi connectivity index (χ1) is 4.22. The van der Waals surface area contributed by atoms with E-state index < -0.39 is 11.9 Å². The fourth-order valence-corrected chi connectivity index (χ4v) is 0.440. The van der Waals surface area contributed by atoms with Crippen molar-refractivity contribution in [2.24, 2.45) is 21.5 Å². The van der Waals surface area contributed by atoms with Gasteiger partial charge < -0.3 is 11.5 Å². The molecule has 0 aromatic carbocycles. The molecular weight excluding hydrogens is 120 g/mol. The van der Waals surface area contributed by atoms with E-state index >= 15 is 0 Å². The van der Waals surface area contributed by atoms with E-state index in [1.165, 1.54) is 0 Å². The van der Waals surface area contributed by atoms with Gasteiger partial charge in [-0.3, -0.25) is 4.79 Å². The van der Waals surface area contributed by atoms with Crippen LogP contribution in [0.1, 0.15) is 0 Å². The third kappa shape index (κ3) is 0.945. The summed E-state index contributed by atoms with van der Waals surface area (Å²) in [6.45, 7) is 0. The summed E-state index contributed by atoms with van der Waals surface area (Å²) >= 11 is 0. The molecule has 0 spiro atoms. The first-order valence-electron chi connectivity index (χ1n) is 2.37. The number of amides is 1. The van der Waals surface area contributed by atoms with Crippen molar-refractivity contribution in [2.75, 3.05) is 0 Å². The third-order valence-corrected chi connectivity index (χ3v) is 0.976. The van der Waals surface area contributed by atoms with Gasteiger partial charge in [0.15, 0.2) is 0 Å². The van der Waals surface area contributed by atoms with Crippen LogP contribution in [-0.2, 0) is 4.79 Å². The van der Waals surface area contributed by atoms with Crippen molar-refractivity contribution in [1.82, 2.24) is 0 Å². The molecule has 1 unspecified atom stereocenters. The molecule has 0 aromatic heterocycles. The van der Waals surface area contributed by atoms with Gasteiger partial charge in [0.25, 0.3) is 5.91 Å². The lowest BCUT2D eigenvalue weighted by molar-refractivity contribution is -0.117. The van der Waals surface area contributed by atoms with Crippen LogP contribution in [-0.4, -0.2) is 24.1 Å². The van der Waals surface area contributed by atoms with E-state index in [-0.39, 0.29) is 5.84 Å². The van der Waals surface area contributed by atoms with Crippen LogP contribution >= 0.6 is 0 Å². The van der Waals surface area contributed by atoms with Crippen LogP contribution < -0.4 is 11.5 Å². The van der Waals surface area contributed by atoms with Gasteiger partial charge in [0.1, 0.15) is 18.2 Å². The standard InChI is InChI=1S/C4H6N4O/c5-2-3(6)7-1-8-4(2)9/h1-2H,5H2,(H2,6,7,8,9). The van der Waals surface area contributed by atoms with Crippen LogP contribution in [0.3, 0.4) is 0 Å². The van der Waals surface area contributed by atoms with Gasteiger partial charge in [0.2, 0.25) is 0 Å².